The van der Waals surface area contributed by atoms with Gasteiger partial charge < -0.3 is 15.2 Å². The van der Waals surface area contributed by atoms with Crippen LogP contribution in [0.15, 0.2) is 35.4 Å². The van der Waals surface area contributed by atoms with Crippen LogP contribution in [0.5, 0.6) is 0 Å². The number of benzene rings is 1. The predicted molar refractivity (Wildman–Crippen MR) is 80.7 cm³/mol. The van der Waals surface area contributed by atoms with Crippen LogP contribution in [0.1, 0.15) is 16.3 Å². The van der Waals surface area contributed by atoms with Crippen molar-refractivity contribution in [3.63, 3.8) is 0 Å². The van der Waals surface area contributed by atoms with Crippen LogP contribution in [-0.2, 0) is 23.9 Å². The van der Waals surface area contributed by atoms with E-state index in [1.54, 1.807) is 36.7 Å². The van der Waals surface area contributed by atoms with E-state index >= 15 is 0 Å². The molecule has 7 heteroatoms. The van der Waals surface area contributed by atoms with Gasteiger partial charge in [0, 0.05) is 25.5 Å². The number of hydrogen-bond donors (Lipinski definition) is 2. The summed E-state index contributed by atoms with van der Waals surface area (Å²) in [6.07, 6.45) is 3.35. The van der Waals surface area contributed by atoms with E-state index in [-0.39, 0.29) is 5.91 Å². The summed E-state index contributed by atoms with van der Waals surface area (Å²) >= 11 is 0. The number of rotatable bonds is 3. The second-order valence-electron chi connectivity index (χ2n) is 4.82. The van der Waals surface area contributed by atoms with Gasteiger partial charge in [-0.05, 0) is 12.1 Å². The van der Waals surface area contributed by atoms with Crippen molar-refractivity contribution in [1.82, 2.24) is 14.9 Å². The number of imidazole rings is 1. The minimum atomic E-state index is -1.16. The molecular weight excluding hydrogens is 288 g/mol. The van der Waals surface area contributed by atoms with E-state index in [0.29, 0.717) is 22.8 Å². The van der Waals surface area contributed by atoms with E-state index in [9.17, 15) is 9.00 Å². The Hall–Kier alpha value is -1.99. The normalized spacial score (nSPS) is 15.3. The summed E-state index contributed by atoms with van der Waals surface area (Å²) in [5.41, 5.74) is 0.942. The average molecular weight is 304 g/mol. The summed E-state index contributed by atoms with van der Waals surface area (Å²) in [5.74, 6) is 0.577. The molecule has 0 saturated heterocycles. The Morgan fingerprint density at radius 2 is 2.24 bits per heavy atom. The highest BCUT2D eigenvalue weighted by atomic mass is 32.2. The lowest BCUT2D eigenvalue weighted by Crippen LogP contribution is -2.27. The number of anilines is 1. The lowest BCUT2D eigenvalue weighted by molar-refractivity contribution is 0.102. The van der Waals surface area contributed by atoms with Gasteiger partial charge in [0.05, 0.1) is 27.9 Å². The molecule has 6 nitrogen and oxygen atoms in total. The molecule has 0 radical (unpaired) electrons. The second kappa shape index (κ2) is 5.79. The topological polar surface area (TPSA) is 76.0 Å². The van der Waals surface area contributed by atoms with E-state index in [2.05, 4.69) is 15.6 Å². The van der Waals surface area contributed by atoms with Crippen LogP contribution in [0.4, 0.5) is 5.69 Å². The van der Waals surface area contributed by atoms with Crippen LogP contribution in [-0.4, -0.2) is 32.5 Å². The van der Waals surface area contributed by atoms with Gasteiger partial charge in [0.25, 0.3) is 5.91 Å². The van der Waals surface area contributed by atoms with Crippen LogP contribution >= 0.6 is 0 Å². The van der Waals surface area contributed by atoms with Crippen molar-refractivity contribution in [1.29, 1.82) is 0 Å². The van der Waals surface area contributed by atoms with Gasteiger partial charge in [-0.15, -0.1) is 0 Å². The summed E-state index contributed by atoms with van der Waals surface area (Å²) in [5, 5.41) is 6.00. The van der Waals surface area contributed by atoms with Crippen LogP contribution < -0.4 is 10.6 Å². The number of nitrogens with zero attached hydrogens (tertiary/aromatic N) is 2. The fourth-order valence-corrected chi connectivity index (χ4v) is 3.00. The third kappa shape index (κ3) is 2.88. The molecule has 1 aliphatic heterocycles. The zero-order valence-electron chi connectivity index (χ0n) is 11.6. The Morgan fingerprint density at radius 3 is 3.00 bits per heavy atom. The summed E-state index contributed by atoms with van der Waals surface area (Å²) in [4.78, 5) is 17.2. The number of para-hydroxylation sites is 1. The van der Waals surface area contributed by atoms with E-state index in [4.69, 9.17) is 0 Å². The molecule has 1 aromatic carbocycles. The summed E-state index contributed by atoms with van der Waals surface area (Å²) in [6.45, 7) is 2.36. The minimum Gasteiger partial charge on any atom is -0.332 e. The van der Waals surface area contributed by atoms with E-state index in [0.717, 1.165) is 18.9 Å². The summed E-state index contributed by atoms with van der Waals surface area (Å²) in [7, 11) is -1.16. The highest BCUT2D eigenvalue weighted by molar-refractivity contribution is 7.84. The molecular formula is C14H16N4O2S. The molecule has 2 aromatic rings. The number of carbonyl (C=O) groups excluding carboxylic acids is 1. The third-order valence-corrected chi connectivity index (χ3v) is 4.32. The predicted octanol–water partition coefficient (Wildman–Crippen LogP) is 0.976. The number of carbonyl (C=O) groups is 1. The molecule has 0 aliphatic carbocycles. The zero-order chi connectivity index (χ0) is 14.8. The first kappa shape index (κ1) is 14.0. The fourth-order valence-electron chi connectivity index (χ4n) is 2.30. The lowest BCUT2D eigenvalue weighted by Gasteiger charge is -2.13. The van der Waals surface area contributed by atoms with Crippen molar-refractivity contribution >= 4 is 22.4 Å². The zero-order valence-corrected chi connectivity index (χ0v) is 12.4. The Morgan fingerprint density at radius 1 is 1.43 bits per heavy atom. The van der Waals surface area contributed by atoms with Gasteiger partial charge in [0.1, 0.15) is 11.5 Å². The van der Waals surface area contributed by atoms with Crippen molar-refractivity contribution in [2.45, 2.75) is 18.0 Å². The van der Waals surface area contributed by atoms with Crippen LogP contribution in [0, 0.1) is 0 Å². The molecule has 2 heterocycles. The molecule has 21 heavy (non-hydrogen) atoms. The quantitative estimate of drug-likeness (QED) is 0.886. The molecule has 0 spiro atoms. The highest BCUT2D eigenvalue weighted by Crippen LogP contribution is 2.19. The average Bonchev–Trinajstić information content (AvgIpc) is 2.91. The SMILES string of the molecule is CS(=O)c1ccccc1NC(=O)c1cn2c(n1)CNCC2. The molecule has 0 bridgehead atoms. The molecule has 3 rings (SSSR count). The Balaban J connectivity index is 1.83. The largest absolute Gasteiger partial charge is 0.332 e. The van der Waals surface area contributed by atoms with Crippen molar-refractivity contribution in [3.8, 4) is 0 Å². The van der Waals surface area contributed by atoms with Crippen molar-refractivity contribution < 1.29 is 9.00 Å². The van der Waals surface area contributed by atoms with Gasteiger partial charge in [0.15, 0.2) is 0 Å². The number of nitrogens with one attached hydrogen (secondary N) is 2. The Labute approximate surface area is 125 Å². The van der Waals surface area contributed by atoms with Crippen molar-refractivity contribution in [3.05, 3.63) is 42.0 Å². The van der Waals surface area contributed by atoms with Gasteiger partial charge in [0.2, 0.25) is 0 Å². The van der Waals surface area contributed by atoms with E-state index in [1.807, 2.05) is 4.57 Å². The van der Waals surface area contributed by atoms with Gasteiger partial charge in [-0.3, -0.25) is 9.00 Å². The first-order valence-corrected chi connectivity index (χ1v) is 8.21. The molecule has 1 aromatic heterocycles. The standard InChI is InChI=1S/C14H16N4O2S/c1-21(20)12-5-3-2-4-10(12)17-14(19)11-9-18-7-6-15-8-13(18)16-11/h2-5,9,15H,6-8H2,1H3,(H,17,19). The maximum absolute atomic E-state index is 12.3. The number of hydrogen-bond acceptors (Lipinski definition) is 4. The molecule has 0 fully saturated rings. The maximum atomic E-state index is 12.3. The first-order valence-electron chi connectivity index (χ1n) is 6.66. The first-order chi connectivity index (χ1) is 10.1. The van der Waals surface area contributed by atoms with Gasteiger partial charge in [-0.2, -0.15) is 0 Å². The number of amides is 1. The van der Waals surface area contributed by atoms with Crippen molar-refractivity contribution in [2.75, 3.05) is 18.1 Å². The lowest BCUT2D eigenvalue weighted by atomic mass is 10.3. The van der Waals surface area contributed by atoms with E-state index < -0.39 is 10.8 Å². The molecule has 0 saturated carbocycles. The minimum absolute atomic E-state index is 0.283. The fraction of sp³-hybridized carbons (Fsp3) is 0.286. The summed E-state index contributed by atoms with van der Waals surface area (Å²) in [6, 6.07) is 7.08. The number of fused-ring (bicyclic) bond motifs is 1. The Bertz CT molecular complexity index is 687. The highest BCUT2D eigenvalue weighted by Gasteiger charge is 2.17. The van der Waals surface area contributed by atoms with Crippen LogP contribution in [0.25, 0.3) is 0 Å². The molecule has 1 unspecified atom stereocenters. The second-order valence-corrected chi connectivity index (χ2v) is 6.17. The van der Waals surface area contributed by atoms with Gasteiger partial charge in [-0.25, -0.2) is 4.98 Å². The molecule has 1 amide bonds. The van der Waals surface area contributed by atoms with Crippen LogP contribution in [0.2, 0.25) is 0 Å². The third-order valence-electron chi connectivity index (χ3n) is 3.35. The van der Waals surface area contributed by atoms with Crippen molar-refractivity contribution in [2.24, 2.45) is 0 Å². The smallest absolute Gasteiger partial charge is 0.275 e. The molecule has 2 N–H and O–H groups in total. The van der Waals surface area contributed by atoms with E-state index in [1.165, 1.54) is 0 Å². The Kier molecular flexibility index (Phi) is 3.85. The molecule has 110 valence electrons. The molecule has 1 aliphatic rings. The summed E-state index contributed by atoms with van der Waals surface area (Å²) < 4.78 is 13.7. The monoisotopic (exact) mass is 304 g/mol. The number of aromatic nitrogens is 2. The maximum Gasteiger partial charge on any atom is 0.275 e. The van der Waals surface area contributed by atoms with Crippen LogP contribution in [0.3, 0.4) is 0 Å². The van der Waals surface area contributed by atoms with Gasteiger partial charge in [-0.1, -0.05) is 12.1 Å². The van der Waals surface area contributed by atoms with Gasteiger partial charge >= 0.3 is 0 Å². The molecule has 1 atom stereocenters.